The van der Waals surface area contributed by atoms with E-state index in [0.717, 1.165) is 31.2 Å². The maximum absolute atomic E-state index is 12.4. The first kappa shape index (κ1) is 20.0. The lowest BCUT2D eigenvalue weighted by Gasteiger charge is -2.25. The number of amides is 3. The number of carbonyl (C=O) groups is 2. The van der Waals surface area contributed by atoms with Crippen molar-refractivity contribution in [3.63, 3.8) is 0 Å². The molecule has 7 nitrogen and oxygen atoms in total. The van der Waals surface area contributed by atoms with Gasteiger partial charge in [0.2, 0.25) is 5.91 Å². The van der Waals surface area contributed by atoms with Crippen LogP contribution in [0.3, 0.4) is 0 Å². The first-order valence-electron chi connectivity index (χ1n) is 8.97. The molecule has 2 rings (SSSR count). The van der Waals surface area contributed by atoms with Crippen molar-refractivity contribution in [3.8, 4) is 11.5 Å². The van der Waals surface area contributed by atoms with Gasteiger partial charge in [-0.1, -0.05) is 25.0 Å². The molecule has 144 valence electrons. The Balaban J connectivity index is 1.92. The van der Waals surface area contributed by atoms with Crippen molar-refractivity contribution in [2.24, 2.45) is 0 Å². The minimum absolute atomic E-state index is 0.178. The summed E-state index contributed by atoms with van der Waals surface area (Å²) in [6, 6.07) is 4.92. The number of rotatable bonds is 7. The van der Waals surface area contributed by atoms with E-state index in [0.29, 0.717) is 18.0 Å². The van der Waals surface area contributed by atoms with Gasteiger partial charge in [-0.05, 0) is 32.9 Å². The summed E-state index contributed by atoms with van der Waals surface area (Å²) in [7, 11) is 5.01. The fourth-order valence-electron chi connectivity index (χ4n) is 3.19. The van der Waals surface area contributed by atoms with Crippen LogP contribution < -0.4 is 20.1 Å². The molecule has 1 aromatic carbocycles. The van der Waals surface area contributed by atoms with Crippen LogP contribution >= 0.6 is 0 Å². The molecule has 0 bridgehead atoms. The number of nitrogens with zero attached hydrogens (tertiary/aromatic N) is 1. The number of urea groups is 1. The number of nitrogens with one attached hydrogen (secondary N) is 2. The molecule has 26 heavy (non-hydrogen) atoms. The smallest absolute Gasteiger partial charge is 0.321 e. The Morgan fingerprint density at radius 2 is 1.92 bits per heavy atom. The molecule has 0 aromatic heterocycles. The monoisotopic (exact) mass is 363 g/mol. The zero-order valence-electron chi connectivity index (χ0n) is 16.0. The van der Waals surface area contributed by atoms with E-state index in [-0.39, 0.29) is 11.9 Å². The molecule has 7 heteroatoms. The highest BCUT2D eigenvalue weighted by atomic mass is 16.5. The number of methoxy groups -OCH3 is 2. The third kappa shape index (κ3) is 5.11. The van der Waals surface area contributed by atoms with Crippen LogP contribution in [0.25, 0.3) is 0 Å². The average Bonchev–Trinajstić information content (AvgIpc) is 3.13. The number of ether oxygens (including phenoxy) is 2. The Bertz CT molecular complexity index is 629. The number of benzene rings is 1. The van der Waals surface area contributed by atoms with Gasteiger partial charge in [0.15, 0.2) is 11.5 Å². The number of carbonyl (C=O) groups excluding carboxylic acids is 2. The molecular weight excluding hydrogens is 334 g/mol. The lowest BCUT2D eigenvalue weighted by atomic mass is 10.1. The van der Waals surface area contributed by atoms with Crippen molar-refractivity contribution < 1.29 is 19.1 Å². The summed E-state index contributed by atoms with van der Waals surface area (Å²) in [6.45, 7) is 2.25. The molecule has 0 unspecified atom stereocenters. The van der Waals surface area contributed by atoms with Gasteiger partial charge in [-0.15, -0.1) is 0 Å². The molecule has 1 atom stereocenters. The number of para-hydroxylation sites is 1. The number of hydrogen-bond acceptors (Lipinski definition) is 5. The van der Waals surface area contributed by atoms with Crippen molar-refractivity contribution in [2.45, 2.75) is 51.2 Å². The minimum atomic E-state index is -0.472. The first-order chi connectivity index (χ1) is 12.5. The molecular formula is C19H29N3O4. The largest absolute Gasteiger partial charge is 0.493 e. The van der Waals surface area contributed by atoms with E-state index in [1.807, 2.05) is 30.1 Å². The van der Waals surface area contributed by atoms with Crippen molar-refractivity contribution in [1.82, 2.24) is 15.5 Å². The van der Waals surface area contributed by atoms with Crippen molar-refractivity contribution in [1.29, 1.82) is 0 Å². The Kier molecular flexibility index (Phi) is 7.26. The molecule has 2 N–H and O–H groups in total. The standard InChI is InChI=1S/C19H29N3O4/c1-13(18(23)21-19(24)20-15-9-5-6-10-15)22(2)12-14-8-7-11-16(25-3)17(14)26-4/h7-8,11,13,15H,5-6,9-10,12H2,1-4H3,(H2,20,21,23,24)/t13-/m0/s1. The number of imide groups is 1. The highest BCUT2D eigenvalue weighted by molar-refractivity contribution is 5.96. The molecule has 3 amide bonds. The van der Waals surface area contributed by atoms with E-state index in [1.54, 1.807) is 21.1 Å². The van der Waals surface area contributed by atoms with Crippen LogP contribution in [-0.2, 0) is 11.3 Å². The molecule has 1 saturated carbocycles. The van der Waals surface area contributed by atoms with Crippen LogP contribution in [-0.4, -0.2) is 50.2 Å². The van der Waals surface area contributed by atoms with E-state index in [4.69, 9.17) is 9.47 Å². The van der Waals surface area contributed by atoms with Crippen LogP contribution in [0, 0.1) is 0 Å². The summed E-state index contributed by atoms with van der Waals surface area (Å²) in [6.07, 6.45) is 4.21. The number of hydrogen-bond donors (Lipinski definition) is 2. The summed E-state index contributed by atoms with van der Waals surface area (Å²) in [5.41, 5.74) is 0.907. The lowest BCUT2D eigenvalue weighted by Crippen LogP contribution is -2.50. The number of likely N-dealkylation sites (N-methyl/N-ethyl adjacent to an activating group) is 1. The third-order valence-electron chi connectivity index (χ3n) is 4.87. The fraction of sp³-hybridized carbons (Fsp3) is 0.579. The first-order valence-corrected chi connectivity index (χ1v) is 8.97. The predicted octanol–water partition coefficient (Wildman–Crippen LogP) is 2.29. The molecule has 0 radical (unpaired) electrons. The van der Waals surface area contributed by atoms with Crippen LogP contribution in [0.5, 0.6) is 11.5 Å². The normalized spacial score (nSPS) is 15.6. The van der Waals surface area contributed by atoms with Gasteiger partial charge < -0.3 is 14.8 Å². The Hall–Kier alpha value is -2.28. The topological polar surface area (TPSA) is 79.9 Å². The maximum atomic E-state index is 12.4. The van der Waals surface area contributed by atoms with Crippen molar-refractivity contribution in [2.75, 3.05) is 21.3 Å². The maximum Gasteiger partial charge on any atom is 0.321 e. The van der Waals surface area contributed by atoms with Gasteiger partial charge in [-0.25, -0.2) is 4.79 Å². The molecule has 1 aliphatic rings. The van der Waals surface area contributed by atoms with E-state index >= 15 is 0 Å². The van der Waals surface area contributed by atoms with E-state index < -0.39 is 12.1 Å². The molecule has 0 heterocycles. The Morgan fingerprint density at radius 3 is 2.54 bits per heavy atom. The molecule has 1 aromatic rings. The van der Waals surface area contributed by atoms with Gasteiger partial charge in [-0.3, -0.25) is 15.0 Å². The van der Waals surface area contributed by atoms with Gasteiger partial charge in [0, 0.05) is 18.2 Å². The summed E-state index contributed by atoms with van der Waals surface area (Å²) < 4.78 is 10.7. The van der Waals surface area contributed by atoms with Gasteiger partial charge in [0.1, 0.15) is 0 Å². The van der Waals surface area contributed by atoms with Gasteiger partial charge in [0.05, 0.1) is 20.3 Å². The van der Waals surface area contributed by atoms with Crippen LogP contribution in [0.2, 0.25) is 0 Å². The van der Waals surface area contributed by atoms with Crippen molar-refractivity contribution in [3.05, 3.63) is 23.8 Å². The second-order valence-corrected chi connectivity index (χ2v) is 6.69. The van der Waals surface area contributed by atoms with E-state index in [9.17, 15) is 9.59 Å². The van der Waals surface area contributed by atoms with Crippen LogP contribution in [0.4, 0.5) is 4.79 Å². The van der Waals surface area contributed by atoms with Gasteiger partial charge >= 0.3 is 6.03 Å². The second-order valence-electron chi connectivity index (χ2n) is 6.69. The minimum Gasteiger partial charge on any atom is -0.493 e. The van der Waals surface area contributed by atoms with Crippen molar-refractivity contribution >= 4 is 11.9 Å². The third-order valence-corrected chi connectivity index (χ3v) is 4.87. The average molecular weight is 363 g/mol. The molecule has 0 spiro atoms. The molecule has 1 aliphatic carbocycles. The fourth-order valence-corrected chi connectivity index (χ4v) is 3.19. The van der Waals surface area contributed by atoms with E-state index in [1.165, 1.54) is 0 Å². The second kappa shape index (κ2) is 9.43. The lowest BCUT2D eigenvalue weighted by molar-refractivity contribution is -0.124. The molecule has 1 fully saturated rings. The highest BCUT2D eigenvalue weighted by Gasteiger charge is 2.23. The highest BCUT2D eigenvalue weighted by Crippen LogP contribution is 2.31. The molecule has 0 saturated heterocycles. The summed E-state index contributed by atoms with van der Waals surface area (Å²) in [5.74, 6) is 0.963. The van der Waals surface area contributed by atoms with Gasteiger partial charge in [-0.2, -0.15) is 0 Å². The summed E-state index contributed by atoms with van der Waals surface area (Å²) >= 11 is 0. The Morgan fingerprint density at radius 1 is 1.23 bits per heavy atom. The van der Waals surface area contributed by atoms with Crippen LogP contribution in [0.15, 0.2) is 18.2 Å². The summed E-state index contributed by atoms with van der Waals surface area (Å²) in [4.78, 5) is 26.2. The summed E-state index contributed by atoms with van der Waals surface area (Å²) in [5, 5.41) is 5.30. The van der Waals surface area contributed by atoms with Crippen LogP contribution in [0.1, 0.15) is 38.2 Å². The molecule has 0 aliphatic heterocycles. The Labute approximate surface area is 155 Å². The predicted molar refractivity (Wildman–Crippen MR) is 99.4 cm³/mol. The zero-order valence-corrected chi connectivity index (χ0v) is 16.0. The van der Waals surface area contributed by atoms with E-state index in [2.05, 4.69) is 10.6 Å². The quantitative estimate of drug-likeness (QED) is 0.777. The zero-order chi connectivity index (χ0) is 19.1. The van der Waals surface area contributed by atoms with Gasteiger partial charge in [0.25, 0.3) is 0 Å². The SMILES string of the molecule is COc1cccc(CN(C)[C@@H](C)C(=O)NC(=O)NC2CCCC2)c1OC.